The van der Waals surface area contributed by atoms with E-state index in [9.17, 15) is 9.59 Å². The topological polar surface area (TPSA) is 97.3 Å². The lowest BCUT2D eigenvalue weighted by Crippen LogP contribution is -2.36. The molecule has 0 atom stereocenters. The second-order valence-electron chi connectivity index (χ2n) is 6.88. The van der Waals surface area contributed by atoms with E-state index in [2.05, 4.69) is 40.8 Å². The Morgan fingerprint density at radius 1 is 1.40 bits per heavy atom. The molecule has 136 valence electrons. The molecule has 2 heterocycles. The second-order valence-corrected chi connectivity index (χ2v) is 12.5. The highest BCUT2D eigenvalue weighted by Crippen LogP contribution is 2.26. The fraction of sp³-hybridized carbons (Fsp3) is 0.438. The Morgan fingerprint density at radius 3 is 2.80 bits per heavy atom. The molecule has 2 rings (SSSR count). The van der Waals surface area contributed by atoms with Gasteiger partial charge >= 0.3 is 0 Å². The van der Waals surface area contributed by atoms with Crippen LogP contribution in [-0.4, -0.2) is 43.6 Å². The van der Waals surface area contributed by atoms with Gasteiger partial charge in [0.25, 0.3) is 5.91 Å². The molecule has 0 aromatic carbocycles. The normalized spacial score (nSPS) is 11.4. The molecule has 0 aliphatic heterocycles. The average molecular weight is 363 g/mol. The van der Waals surface area contributed by atoms with Crippen LogP contribution in [0.25, 0.3) is 11.0 Å². The van der Waals surface area contributed by atoms with E-state index in [0.29, 0.717) is 24.4 Å². The van der Waals surface area contributed by atoms with Gasteiger partial charge in [0.05, 0.1) is 11.3 Å². The Hall–Kier alpha value is -2.39. The predicted molar refractivity (Wildman–Crippen MR) is 100 cm³/mol. The van der Waals surface area contributed by atoms with Gasteiger partial charge in [-0.1, -0.05) is 19.6 Å². The number of nitrogens with zero attached hydrogens (tertiary/aromatic N) is 2. The van der Waals surface area contributed by atoms with Crippen LogP contribution in [-0.2, 0) is 16.3 Å². The third kappa shape index (κ3) is 4.80. The molecule has 25 heavy (non-hydrogen) atoms. The van der Waals surface area contributed by atoms with Crippen molar-refractivity contribution < 1.29 is 14.3 Å². The lowest BCUT2D eigenvalue weighted by molar-refractivity contribution is -0.110. The SMILES string of the molecule is CNc1c(C(=O)NNC=O)cnc2c1ccn2COCC[Si](C)(C)C. The van der Waals surface area contributed by atoms with Crippen LogP contribution in [0.2, 0.25) is 25.7 Å². The van der Waals surface area contributed by atoms with Gasteiger partial charge in [-0.2, -0.15) is 0 Å². The molecule has 0 aliphatic carbocycles. The largest absolute Gasteiger partial charge is 0.387 e. The number of nitrogens with one attached hydrogen (secondary N) is 3. The standard InChI is InChI=1S/C16H25N5O3Si/c1-17-14-12-5-6-21(11-24-7-8-25(2,3)4)15(12)18-9-13(14)16(23)20-19-10-22/h5-6,9-10H,7-8,11H2,1-4H3,(H,17,18)(H,19,22)(H,20,23). The van der Waals surface area contributed by atoms with Crippen molar-refractivity contribution in [1.82, 2.24) is 20.4 Å². The Bertz CT molecular complexity index is 754. The van der Waals surface area contributed by atoms with Crippen molar-refractivity contribution in [3.8, 4) is 0 Å². The van der Waals surface area contributed by atoms with Crippen molar-refractivity contribution in [2.24, 2.45) is 0 Å². The molecule has 2 aromatic rings. The molecular formula is C16H25N5O3Si. The minimum Gasteiger partial charge on any atom is -0.387 e. The van der Waals surface area contributed by atoms with Crippen LogP contribution >= 0.6 is 0 Å². The summed E-state index contributed by atoms with van der Waals surface area (Å²) in [6, 6.07) is 3.00. The summed E-state index contributed by atoms with van der Waals surface area (Å²) < 4.78 is 7.68. The summed E-state index contributed by atoms with van der Waals surface area (Å²) >= 11 is 0. The predicted octanol–water partition coefficient (Wildman–Crippen LogP) is 1.78. The van der Waals surface area contributed by atoms with Crippen LogP contribution in [0.1, 0.15) is 10.4 Å². The molecule has 0 aliphatic rings. The van der Waals surface area contributed by atoms with Crippen molar-refractivity contribution >= 4 is 37.1 Å². The molecule has 9 heteroatoms. The number of aromatic nitrogens is 2. The molecule has 3 N–H and O–H groups in total. The summed E-state index contributed by atoms with van der Waals surface area (Å²) in [5.41, 5.74) is 6.16. The van der Waals surface area contributed by atoms with Gasteiger partial charge in [0.1, 0.15) is 12.4 Å². The van der Waals surface area contributed by atoms with Crippen molar-refractivity contribution in [2.75, 3.05) is 19.0 Å². The molecule has 0 saturated heterocycles. The quantitative estimate of drug-likeness (QED) is 0.273. The molecule has 2 aromatic heterocycles. The molecule has 0 fully saturated rings. The van der Waals surface area contributed by atoms with Crippen LogP contribution in [0.15, 0.2) is 18.5 Å². The van der Waals surface area contributed by atoms with Gasteiger partial charge in [-0.15, -0.1) is 0 Å². The van der Waals surface area contributed by atoms with Crippen LogP contribution in [0.3, 0.4) is 0 Å². The van der Waals surface area contributed by atoms with E-state index in [4.69, 9.17) is 4.74 Å². The first-order valence-electron chi connectivity index (χ1n) is 8.10. The number of anilines is 1. The smallest absolute Gasteiger partial charge is 0.273 e. The maximum atomic E-state index is 12.1. The molecule has 2 amide bonds. The Balaban J connectivity index is 2.18. The molecule has 0 bridgehead atoms. The summed E-state index contributed by atoms with van der Waals surface area (Å²) in [7, 11) is 0.623. The van der Waals surface area contributed by atoms with Crippen LogP contribution in [0.4, 0.5) is 5.69 Å². The Labute approximate surface area is 147 Å². The lowest BCUT2D eigenvalue weighted by atomic mass is 10.1. The first-order chi connectivity index (χ1) is 11.9. The fourth-order valence-corrected chi connectivity index (χ4v) is 3.14. The van der Waals surface area contributed by atoms with E-state index in [1.165, 1.54) is 6.20 Å². The number of ether oxygens (including phenoxy) is 1. The first-order valence-corrected chi connectivity index (χ1v) is 11.8. The van der Waals surface area contributed by atoms with Crippen LogP contribution < -0.4 is 16.2 Å². The summed E-state index contributed by atoms with van der Waals surface area (Å²) in [6.45, 7) is 8.09. The lowest BCUT2D eigenvalue weighted by Gasteiger charge is -2.16. The Morgan fingerprint density at radius 2 is 2.16 bits per heavy atom. The second kappa shape index (κ2) is 8.12. The van der Waals surface area contributed by atoms with Gasteiger partial charge in [-0.25, -0.2) is 4.98 Å². The van der Waals surface area contributed by atoms with Crippen molar-refractivity contribution in [3.63, 3.8) is 0 Å². The minimum absolute atomic E-state index is 0.349. The number of carbonyl (C=O) groups is 2. The third-order valence-electron chi connectivity index (χ3n) is 3.75. The zero-order valence-corrected chi connectivity index (χ0v) is 16.0. The van der Waals surface area contributed by atoms with E-state index in [0.717, 1.165) is 23.7 Å². The van der Waals surface area contributed by atoms with E-state index >= 15 is 0 Å². The third-order valence-corrected chi connectivity index (χ3v) is 5.46. The maximum Gasteiger partial charge on any atom is 0.273 e. The number of fused-ring (bicyclic) bond motifs is 1. The molecule has 0 unspecified atom stereocenters. The van der Waals surface area contributed by atoms with Gasteiger partial charge < -0.3 is 14.6 Å². The van der Waals surface area contributed by atoms with E-state index in [1.54, 1.807) is 7.05 Å². The highest BCUT2D eigenvalue weighted by molar-refractivity contribution is 6.76. The van der Waals surface area contributed by atoms with Crippen LogP contribution in [0, 0.1) is 0 Å². The molecule has 0 spiro atoms. The fourth-order valence-electron chi connectivity index (χ4n) is 2.39. The average Bonchev–Trinajstić information content (AvgIpc) is 2.98. The van der Waals surface area contributed by atoms with Gasteiger partial charge in [-0.3, -0.25) is 20.4 Å². The molecule has 0 saturated carbocycles. The number of carbonyl (C=O) groups excluding carboxylic acids is 2. The number of hydrogen-bond donors (Lipinski definition) is 3. The number of hydrazine groups is 1. The summed E-state index contributed by atoms with van der Waals surface area (Å²) in [5, 5.41) is 3.85. The number of pyridine rings is 1. The van der Waals surface area contributed by atoms with E-state index < -0.39 is 14.0 Å². The van der Waals surface area contributed by atoms with Crippen molar-refractivity contribution in [2.45, 2.75) is 32.4 Å². The summed E-state index contributed by atoms with van der Waals surface area (Å²) in [6.07, 6.45) is 3.77. The van der Waals surface area contributed by atoms with Crippen molar-refractivity contribution in [3.05, 3.63) is 24.0 Å². The zero-order valence-electron chi connectivity index (χ0n) is 15.0. The Kier molecular flexibility index (Phi) is 6.15. The van der Waals surface area contributed by atoms with E-state index in [1.807, 2.05) is 16.8 Å². The number of amides is 2. The molecular weight excluding hydrogens is 338 g/mol. The number of hydrogen-bond acceptors (Lipinski definition) is 5. The highest BCUT2D eigenvalue weighted by Gasteiger charge is 2.17. The van der Waals surface area contributed by atoms with E-state index in [-0.39, 0.29) is 0 Å². The van der Waals surface area contributed by atoms with Gasteiger partial charge in [0.15, 0.2) is 0 Å². The van der Waals surface area contributed by atoms with Gasteiger partial charge in [0, 0.05) is 39.5 Å². The van der Waals surface area contributed by atoms with Crippen LogP contribution in [0.5, 0.6) is 0 Å². The highest BCUT2D eigenvalue weighted by atomic mass is 28.3. The van der Waals surface area contributed by atoms with Gasteiger partial charge in [-0.05, 0) is 12.1 Å². The number of rotatable bonds is 9. The monoisotopic (exact) mass is 363 g/mol. The zero-order chi connectivity index (χ0) is 18.4. The maximum absolute atomic E-state index is 12.1. The van der Waals surface area contributed by atoms with Gasteiger partial charge in [0.2, 0.25) is 6.41 Å². The first kappa shape index (κ1) is 18.9. The molecule has 0 radical (unpaired) electrons. The summed E-state index contributed by atoms with van der Waals surface area (Å²) in [5.74, 6) is -0.440. The van der Waals surface area contributed by atoms with Crippen molar-refractivity contribution in [1.29, 1.82) is 0 Å². The molecule has 8 nitrogen and oxygen atoms in total. The summed E-state index contributed by atoms with van der Waals surface area (Å²) in [4.78, 5) is 26.8. The minimum atomic E-state index is -1.11.